The van der Waals surface area contributed by atoms with Gasteiger partial charge in [-0.1, -0.05) is 18.6 Å². The Bertz CT molecular complexity index is 581. The Morgan fingerprint density at radius 3 is 2.57 bits per heavy atom. The van der Waals surface area contributed by atoms with Gasteiger partial charge in [-0.15, -0.1) is 0 Å². The van der Waals surface area contributed by atoms with Gasteiger partial charge in [-0.2, -0.15) is 0 Å². The van der Waals surface area contributed by atoms with Crippen molar-refractivity contribution >= 4 is 17.5 Å². The normalized spacial score (nSPS) is 24.5. The van der Waals surface area contributed by atoms with E-state index in [-0.39, 0.29) is 23.8 Å². The zero-order valence-electron chi connectivity index (χ0n) is 13.5. The minimum Gasteiger partial charge on any atom is -0.339 e. The molecular weight excluding hydrogens is 290 g/mol. The lowest BCUT2D eigenvalue weighted by Crippen LogP contribution is -2.35. The summed E-state index contributed by atoms with van der Waals surface area (Å²) in [7, 11) is 0. The highest BCUT2D eigenvalue weighted by atomic mass is 16.2. The molecule has 1 saturated heterocycles. The highest BCUT2D eigenvalue weighted by Gasteiger charge is 2.27. The molecule has 124 valence electrons. The van der Waals surface area contributed by atoms with E-state index in [1.54, 1.807) is 6.07 Å². The topological polar surface area (TPSA) is 75.4 Å². The fourth-order valence-corrected chi connectivity index (χ4v) is 3.57. The Hall–Kier alpha value is -1.88. The Labute approximate surface area is 137 Å². The van der Waals surface area contributed by atoms with Crippen LogP contribution >= 0.6 is 0 Å². The molecule has 5 heteroatoms. The first-order valence-corrected chi connectivity index (χ1v) is 8.60. The molecule has 1 aliphatic carbocycles. The Morgan fingerprint density at radius 1 is 1.09 bits per heavy atom. The highest BCUT2D eigenvalue weighted by Crippen LogP contribution is 2.26. The first kappa shape index (κ1) is 16.0. The predicted octanol–water partition coefficient (Wildman–Crippen LogP) is 2.38. The number of carbonyl (C=O) groups is 2. The van der Waals surface area contributed by atoms with Crippen LogP contribution in [0.3, 0.4) is 0 Å². The molecule has 2 unspecified atom stereocenters. The second-order valence-corrected chi connectivity index (χ2v) is 6.66. The van der Waals surface area contributed by atoms with E-state index < -0.39 is 0 Å². The van der Waals surface area contributed by atoms with Crippen molar-refractivity contribution in [3.05, 3.63) is 29.8 Å². The molecule has 0 aromatic heterocycles. The number of anilines is 1. The fraction of sp³-hybridized carbons (Fsp3) is 0.556. The van der Waals surface area contributed by atoms with Crippen molar-refractivity contribution in [2.75, 3.05) is 18.4 Å². The summed E-state index contributed by atoms with van der Waals surface area (Å²) >= 11 is 0. The summed E-state index contributed by atoms with van der Waals surface area (Å²) in [5, 5.41) is 2.96. The first-order valence-electron chi connectivity index (χ1n) is 8.60. The molecule has 1 aliphatic heterocycles. The van der Waals surface area contributed by atoms with Crippen LogP contribution in [0.2, 0.25) is 0 Å². The summed E-state index contributed by atoms with van der Waals surface area (Å²) in [6, 6.07) is 7.41. The van der Waals surface area contributed by atoms with E-state index in [0.717, 1.165) is 51.6 Å². The summed E-state index contributed by atoms with van der Waals surface area (Å²) in [6.07, 6.45) is 5.71. The maximum Gasteiger partial charge on any atom is 0.255 e. The molecule has 0 bridgehead atoms. The number of rotatable bonds is 3. The minimum absolute atomic E-state index is 0.0122. The molecule has 3 N–H and O–H groups in total. The third-order valence-electron chi connectivity index (χ3n) is 4.89. The molecule has 2 aliphatic rings. The molecule has 1 heterocycles. The van der Waals surface area contributed by atoms with Gasteiger partial charge >= 0.3 is 0 Å². The lowest BCUT2D eigenvalue weighted by molar-refractivity contribution is -0.120. The molecule has 1 aromatic rings. The van der Waals surface area contributed by atoms with E-state index in [1.807, 2.05) is 23.1 Å². The van der Waals surface area contributed by atoms with Crippen molar-refractivity contribution in [2.24, 2.45) is 11.7 Å². The predicted molar refractivity (Wildman–Crippen MR) is 90.1 cm³/mol. The van der Waals surface area contributed by atoms with Crippen LogP contribution in [-0.4, -0.2) is 35.8 Å². The Kier molecular flexibility index (Phi) is 4.96. The maximum atomic E-state index is 12.6. The number of nitrogens with one attached hydrogen (secondary N) is 1. The third-order valence-corrected chi connectivity index (χ3v) is 4.89. The summed E-state index contributed by atoms with van der Waals surface area (Å²) < 4.78 is 0. The van der Waals surface area contributed by atoms with E-state index in [0.29, 0.717) is 11.3 Å². The standard InChI is InChI=1S/C18H25N3O2/c19-14-7-5-6-13(12-14)17(22)20-16-9-2-1-8-15(16)18(23)21-10-3-4-11-21/h1-2,8-9,13-14H,3-7,10-12,19H2,(H,20,22). The SMILES string of the molecule is NC1CCCC(C(=O)Nc2ccccc2C(=O)N2CCCC2)C1. The molecule has 2 atom stereocenters. The average Bonchev–Trinajstić information content (AvgIpc) is 3.09. The molecule has 23 heavy (non-hydrogen) atoms. The lowest BCUT2D eigenvalue weighted by Gasteiger charge is -2.26. The van der Waals surface area contributed by atoms with Crippen LogP contribution in [0.1, 0.15) is 48.9 Å². The zero-order chi connectivity index (χ0) is 16.2. The molecule has 5 nitrogen and oxygen atoms in total. The second kappa shape index (κ2) is 7.13. The van der Waals surface area contributed by atoms with Gasteiger partial charge in [-0.25, -0.2) is 0 Å². The van der Waals surface area contributed by atoms with Crippen LogP contribution in [0.25, 0.3) is 0 Å². The molecule has 3 rings (SSSR count). The number of nitrogens with two attached hydrogens (primary N) is 1. The summed E-state index contributed by atoms with van der Waals surface area (Å²) in [6.45, 7) is 1.61. The van der Waals surface area contributed by atoms with Crippen LogP contribution in [0, 0.1) is 5.92 Å². The van der Waals surface area contributed by atoms with E-state index in [9.17, 15) is 9.59 Å². The maximum absolute atomic E-state index is 12.6. The second-order valence-electron chi connectivity index (χ2n) is 6.66. The van der Waals surface area contributed by atoms with E-state index in [4.69, 9.17) is 5.73 Å². The van der Waals surface area contributed by atoms with Gasteiger partial charge in [0.25, 0.3) is 5.91 Å². The zero-order valence-corrected chi connectivity index (χ0v) is 13.5. The molecule has 0 radical (unpaired) electrons. The van der Waals surface area contributed by atoms with Gasteiger partial charge in [0.2, 0.25) is 5.91 Å². The summed E-state index contributed by atoms with van der Waals surface area (Å²) in [5.41, 5.74) is 7.18. The summed E-state index contributed by atoms with van der Waals surface area (Å²) in [4.78, 5) is 27.0. The molecule has 0 spiro atoms. The highest BCUT2D eigenvalue weighted by molar-refractivity contribution is 6.04. The van der Waals surface area contributed by atoms with Gasteiger partial charge in [0, 0.05) is 25.0 Å². The number of nitrogens with zero attached hydrogens (tertiary/aromatic N) is 1. The van der Waals surface area contributed by atoms with Crippen LogP contribution in [0.5, 0.6) is 0 Å². The van der Waals surface area contributed by atoms with Gasteiger partial charge in [-0.05, 0) is 44.2 Å². The Balaban J connectivity index is 1.72. The van der Waals surface area contributed by atoms with Crippen LogP contribution in [0.15, 0.2) is 24.3 Å². The monoisotopic (exact) mass is 315 g/mol. The van der Waals surface area contributed by atoms with E-state index >= 15 is 0 Å². The summed E-state index contributed by atoms with van der Waals surface area (Å²) in [5.74, 6) is -0.0470. The Morgan fingerprint density at radius 2 is 1.83 bits per heavy atom. The number of carbonyl (C=O) groups excluding carboxylic acids is 2. The van der Waals surface area contributed by atoms with Crippen molar-refractivity contribution in [3.63, 3.8) is 0 Å². The van der Waals surface area contributed by atoms with Crippen molar-refractivity contribution in [3.8, 4) is 0 Å². The first-order chi connectivity index (χ1) is 11.1. The fourth-order valence-electron chi connectivity index (χ4n) is 3.57. The van der Waals surface area contributed by atoms with Crippen molar-refractivity contribution in [2.45, 2.75) is 44.6 Å². The average molecular weight is 315 g/mol. The number of hydrogen-bond donors (Lipinski definition) is 2. The molecule has 2 fully saturated rings. The van der Waals surface area contributed by atoms with Gasteiger partial charge in [0.05, 0.1) is 11.3 Å². The number of hydrogen-bond acceptors (Lipinski definition) is 3. The number of para-hydroxylation sites is 1. The number of likely N-dealkylation sites (tertiary alicyclic amines) is 1. The third kappa shape index (κ3) is 3.72. The molecule has 2 amide bonds. The minimum atomic E-state index is -0.0475. The lowest BCUT2D eigenvalue weighted by atomic mass is 9.85. The van der Waals surface area contributed by atoms with Crippen LogP contribution < -0.4 is 11.1 Å². The largest absolute Gasteiger partial charge is 0.339 e. The molecule has 1 saturated carbocycles. The van der Waals surface area contributed by atoms with Crippen molar-refractivity contribution < 1.29 is 9.59 Å². The van der Waals surface area contributed by atoms with Gasteiger partial charge in [0.1, 0.15) is 0 Å². The molecular formula is C18H25N3O2. The quantitative estimate of drug-likeness (QED) is 0.899. The smallest absolute Gasteiger partial charge is 0.255 e. The van der Waals surface area contributed by atoms with E-state index in [1.165, 1.54) is 0 Å². The van der Waals surface area contributed by atoms with Crippen LogP contribution in [0.4, 0.5) is 5.69 Å². The van der Waals surface area contributed by atoms with Gasteiger partial charge < -0.3 is 16.0 Å². The van der Waals surface area contributed by atoms with Gasteiger partial charge in [0.15, 0.2) is 0 Å². The van der Waals surface area contributed by atoms with Crippen molar-refractivity contribution in [1.82, 2.24) is 4.90 Å². The van der Waals surface area contributed by atoms with Crippen molar-refractivity contribution in [1.29, 1.82) is 0 Å². The number of amides is 2. The van der Waals surface area contributed by atoms with Gasteiger partial charge in [-0.3, -0.25) is 9.59 Å². The van der Waals surface area contributed by atoms with E-state index in [2.05, 4.69) is 5.32 Å². The van der Waals surface area contributed by atoms with Crippen LogP contribution in [-0.2, 0) is 4.79 Å². The number of benzene rings is 1. The molecule has 1 aromatic carbocycles.